The third kappa shape index (κ3) is 4.47. The minimum Gasteiger partial charge on any atom is -0.479 e. The van der Waals surface area contributed by atoms with Crippen LogP contribution in [0.2, 0.25) is 0 Å². The van der Waals surface area contributed by atoms with Gasteiger partial charge in [-0.3, -0.25) is 0 Å². The predicted molar refractivity (Wildman–Crippen MR) is 88.0 cm³/mol. The molecule has 0 unspecified atom stereocenters. The van der Waals surface area contributed by atoms with Crippen molar-refractivity contribution in [2.24, 2.45) is 5.41 Å². The van der Waals surface area contributed by atoms with Gasteiger partial charge in [0.1, 0.15) is 12.1 Å². The van der Waals surface area contributed by atoms with Crippen molar-refractivity contribution in [2.75, 3.05) is 5.33 Å². The highest BCUT2D eigenvalue weighted by atomic mass is 79.9. The van der Waals surface area contributed by atoms with Gasteiger partial charge in [0.05, 0.1) is 0 Å². The van der Waals surface area contributed by atoms with E-state index in [9.17, 15) is 14.7 Å². The van der Waals surface area contributed by atoms with Crippen molar-refractivity contribution >= 4 is 28.0 Å². The number of amides is 1. The number of rotatable bonds is 6. The number of carboxylic acids is 1. The molecule has 0 saturated heterocycles. The third-order valence-electron chi connectivity index (χ3n) is 3.64. The molecule has 0 bridgehead atoms. The molecule has 122 valence electrons. The van der Waals surface area contributed by atoms with Gasteiger partial charge in [-0.1, -0.05) is 67.0 Å². The van der Waals surface area contributed by atoms with Crippen LogP contribution in [0.1, 0.15) is 32.8 Å². The molecule has 0 spiro atoms. The van der Waals surface area contributed by atoms with Gasteiger partial charge in [0.2, 0.25) is 0 Å². The number of carbonyl (C=O) groups is 2. The summed E-state index contributed by atoms with van der Waals surface area (Å²) in [6, 6.07) is 9.23. The summed E-state index contributed by atoms with van der Waals surface area (Å²) < 4.78 is 5.15. The molecule has 1 aromatic rings. The molecule has 5 nitrogen and oxygen atoms in total. The summed E-state index contributed by atoms with van der Waals surface area (Å²) in [7, 11) is 0. The number of alkyl carbamates (subject to hydrolysis) is 1. The largest absolute Gasteiger partial charge is 0.479 e. The van der Waals surface area contributed by atoms with E-state index in [-0.39, 0.29) is 13.0 Å². The average Bonchev–Trinajstić information content (AvgIpc) is 2.44. The number of ether oxygens (including phenoxy) is 1. The predicted octanol–water partition coefficient (Wildman–Crippen LogP) is 3.57. The van der Waals surface area contributed by atoms with E-state index in [2.05, 4.69) is 21.2 Å². The molecule has 2 N–H and O–H groups in total. The second kappa shape index (κ2) is 7.63. The Morgan fingerprint density at radius 2 is 1.82 bits per heavy atom. The van der Waals surface area contributed by atoms with Gasteiger partial charge in [-0.25, -0.2) is 9.59 Å². The Labute approximate surface area is 139 Å². The summed E-state index contributed by atoms with van der Waals surface area (Å²) in [5.41, 5.74) is -1.22. The molecule has 1 atom stereocenters. The quantitative estimate of drug-likeness (QED) is 0.749. The van der Waals surface area contributed by atoms with Crippen LogP contribution in [0.15, 0.2) is 30.3 Å². The monoisotopic (exact) mass is 371 g/mol. The molecule has 0 aromatic heterocycles. The molecule has 0 radical (unpaired) electrons. The van der Waals surface area contributed by atoms with Gasteiger partial charge in [-0.15, -0.1) is 0 Å². The standard InChI is InChI=1S/C16H22BrNO4/c1-15(2,3)16(9-10-17,13(19)20)18-14(21)22-11-12-7-5-4-6-8-12/h4-8H,9-11H2,1-3H3,(H,18,21)(H,19,20)/t16-/m1/s1. The lowest BCUT2D eigenvalue weighted by atomic mass is 9.72. The fourth-order valence-electron chi connectivity index (χ4n) is 2.18. The molecule has 0 heterocycles. The minimum atomic E-state index is -1.40. The summed E-state index contributed by atoms with van der Waals surface area (Å²) in [5, 5.41) is 12.6. The highest BCUT2D eigenvalue weighted by Crippen LogP contribution is 2.34. The summed E-state index contributed by atoms with van der Waals surface area (Å²) in [6.45, 7) is 5.44. The first-order valence-corrected chi connectivity index (χ1v) is 8.13. The Morgan fingerprint density at radius 1 is 1.23 bits per heavy atom. The van der Waals surface area contributed by atoms with E-state index in [1.165, 1.54) is 0 Å². The molecule has 0 fully saturated rings. The SMILES string of the molecule is CC(C)(C)[C@](CCBr)(NC(=O)OCc1ccccc1)C(=O)O. The zero-order valence-electron chi connectivity index (χ0n) is 13.1. The first kappa shape index (κ1) is 18.5. The fourth-order valence-corrected chi connectivity index (χ4v) is 2.78. The zero-order valence-corrected chi connectivity index (χ0v) is 14.6. The van der Waals surface area contributed by atoms with Crippen LogP contribution < -0.4 is 5.32 Å². The minimum absolute atomic E-state index is 0.0980. The van der Waals surface area contributed by atoms with Gasteiger partial charge >= 0.3 is 12.1 Å². The Morgan fingerprint density at radius 3 is 2.27 bits per heavy atom. The number of nitrogens with one attached hydrogen (secondary N) is 1. The number of hydrogen-bond donors (Lipinski definition) is 2. The van der Waals surface area contributed by atoms with Crippen LogP contribution in [0.4, 0.5) is 4.79 Å². The number of carboxylic acid groups (broad SMARTS) is 1. The zero-order chi connectivity index (χ0) is 16.8. The van der Waals surface area contributed by atoms with Crippen molar-refractivity contribution in [3.63, 3.8) is 0 Å². The first-order chi connectivity index (χ1) is 10.2. The second-order valence-corrected chi connectivity index (χ2v) is 6.88. The number of aliphatic carboxylic acids is 1. The van der Waals surface area contributed by atoms with E-state index >= 15 is 0 Å². The molecular formula is C16H22BrNO4. The number of carbonyl (C=O) groups excluding carboxylic acids is 1. The molecule has 0 aliphatic carbocycles. The van der Waals surface area contributed by atoms with Crippen LogP contribution in [0.25, 0.3) is 0 Å². The maximum Gasteiger partial charge on any atom is 0.408 e. The van der Waals surface area contributed by atoms with Gasteiger partial charge in [0.25, 0.3) is 0 Å². The molecule has 1 amide bonds. The fraction of sp³-hybridized carbons (Fsp3) is 0.500. The Bertz CT molecular complexity index is 513. The second-order valence-electron chi connectivity index (χ2n) is 6.09. The highest BCUT2D eigenvalue weighted by molar-refractivity contribution is 9.09. The van der Waals surface area contributed by atoms with Crippen LogP contribution in [0.3, 0.4) is 0 Å². The van der Waals surface area contributed by atoms with E-state index in [4.69, 9.17) is 4.74 Å². The Hall–Kier alpha value is -1.56. The molecule has 1 aromatic carbocycles. The van der Waals surface area contributed by atoms with Gasteiger partial charge < -0.3 is 15.2 Å². The van der Waals surface area contributed by atoms with Crippen molar-refractivity contribution in [2.45, 2.75) is 39.3 Å². The Balaban J connectivity index is 2.81. The summed E-state index contributed by atoms with van der Waals surface area (Å²) in [5.74, 6) is -1.07. The summed E-state index contributed by atoms with van der Waals surface area (Å²) in [6.07, 6.45) is -0.478. The van der Waals surface area contributed by atoms with Crippen molar-refractivity contribution in [1.29, 1.82) is 0 Å². The van der Waals surface area contributed by atoms with Crippen LogP contribution in [0, 0.1) is 5.41 Å². The molecule has 0 aliphatic heterocycles. The van der Waals surface area contributed by atoms with Gasteiger partial charge in [0, 0.05) is 5.33 Å². The van der Waals surface area contributed by atoms with E-state index in [0.717, 1.165) is 5.56 Å². The van der Waals surface area contributed by atoms with Crippen molar-refractivity contribution < 1.29 is 19.4 Å². The third-order valence-corrected chi connectivity index (χ3v) is 4.04. The van der Waals surface area contributed by atoms with Crippen LogP contribution in [-0.4, -0.2) is 28.0 Å². The molecule has 0 aliphatic rings. The maximum atomic E-state index is 12.0. The first-order valence-electron chi connectivity index (χ1n) is 7.01. The number of benzene rings is 1. The lowest BCUT2D eigenvalue weighted by molar-refractivity contribution is -0.150. The number of halogens is 1. The Kier molecular flexibility index (Phi) is 6.41. The lowest BCUT2D eigenvalue weighted by Gasteiger charge is -2.41. The summed E-state index contributed by atoms with van der Waals surface area (Å²) in [4.78, 5) is 23.8. The molecule has 6 heteroatoms. The van der Waals surface area contributed by atoms with Crippen molar-refractivity contribution in [3.8, 4) is 0 Å². The molecule has 0 saturated carbocycles. The molecule has 22 heavy (non-hydrogen) atoms. The topological polar surface area (TPSA) is 75.6 Å². The van der Waals surface area contributed by atoms with E-state index < -0.39 is 23.0 Å². The van der Waals surface area contributed by atoms with Crippen molar-refractivity contribution in [3.05, 3.63) is 35.9 Å². The number of hydrogen-bond acceptors (Lipinski definition) is 3. The molecular weight excluding hydrogens is 350 g/mol. The lowest BCUT2D eigenvalue weighted by Crippen LogP contribution is -2.62. The van der Waals surface area contributed by atoms with E-state index in [1.807, 2.05) is 30.3 Å². The van der Waals surface area contributed by atoms with Gasteiger partial charge in [0.15, 0.2) is 0 Å². The highest BCUT2D eigenvalue weighted by Gasteiger charge is 2.49. The van der Waals surface area contributed by atoms with Crippen LogP contribution in [-0.2, 0) is 16.1 Å². The van der Waals surface area contributed by atoms with Crippen LogP contribution >= 0.6 is 15.9 Å². The van der Waals surface area contributed by atoms with E-state index in [1.54, 1.807) is 20.8 Å². The smallest absolute Gasteiger partial charge is 0.408 e. The van der Waals surface area contributed by atoms with Gasteiger partial charge in [-0.2, -0.15) is 0 Å². The summed E-state index contributed by atoms with van der Waals surface area (Å²) >= 11 is 3.26. The average molecular weight is 372 g/mol. The van der Waals surface area contributed by atoms with Gasteiger partial charge in [-0.05, 0) is 17.4 Å². The normalized spacial score (nSPS) is 14.0. The maximum absolute atomic E-state index is 12.0. The number of alkyl halides is 1. The molecule has 1 rings (SSSR count). The van der Waals surface area contributed by atoms with Crippen molar-refractivity contribution in [1.82, 2.24) is 5.32 Å². The van der Waals surface area contributed by atoms with Crippen LogP contribution in [0.5, 0.6) is 0 Å². The van der Waals surface area contributed by atoms with E-state index in [0.29, 0.717) is 5.33 Å².